The molecule has 0 heterocycles. The minimum atomic E-state index is 0.189. The van der Waals surface area contributed by atoms with E-state index in [1.807, 2.05) is 0 Å². The fourth-order valence-corrected chi connectivity index (χ4v) is 1.45. The Labute approximate surface area is 88.2 Å². The molecule has 1 aliphatic carbocycles. The van der Waals surface area contributed by atoms with Gasteiger partial charge in [0.2, 0.25) is 0 Å². The first-order valence-corrected chi connectivity index (χ1v) is 5.68. The Hall–Kier alpha value is -0.480. The maximum atomic E-state index is 5.81. The van der Waals surface area contributed by atoms with E-state index in [4.69, 9.17) is 4.74 Å². The predicted octanol–water partition coefficient (Wildman–Crippen LogP) is 3.39. The summed E-state index contributed by atoms with van der Waals surface area (Å²) in [7, 11) is 0. The lowest BCUT2D eigenvalue weighted by molar-refractivity contribution is 0.0329. The monoisotopic (exact) mass is 194 g/mol. The lowest BCUT2D eigenvalue weighted by Crippen LogP contribution is -2.21. The summed E-state index contributed by atoms with van der Waals surface area (Å²) in [5.41, 5.74) is 0.254. The van der Waals surface area contributed by atoms with Gasteiger partial charge in [-0.15, -0.1) is 5.92 Å². The van der Waals surface area contributed by atoms with Gasteiger partial charge in [0, 0.05) is 6.42 Å². The topological polar surface area (TPSA) is 9.23 Å². The minimum absolute atomic E-state index is 0.189. The molecule has 0 saturated carbocycles. The molecule has 0 N–H and O–H groups in total. The highest BCUT2D eigenvalue weighted by atomic mass is 16.5. The molecule has 1 heteroatoms. The highest BCUT2D eigenvalue weighted by Crippen LogP contribution is 2.17. The molecule has 14 heavy (non-hydrogen) atoms. The quantitative estimate of drug-likeness (QED) is 0.612. The third-order valence-electron chi connectivity index (χ3n) is 2.25. The maximum absolute atomic E-state index is 5.81. The van der Waals surface area contributed by atoms with Gasteiger partial charge < -0.3 is 4.74 Å². The number of rotatable bonds is 2. The van der Waals surface area contributed by atoms with Crippen LogP contribution in [0.1, 0.15) is 52.9 Å². The second kappa shape index (κ2) is 5.41. The van der Waals surface area contributed by atoms with Gasteiger partial charge in [-0.1, -0.05) is 33.1 Å². The SMILES string of the molecule is CC(C)(C)COC1C#CCCCCC1. The number of hydrogen-bond acceptors (Lipinski definition) is 1. The van der Waals surface area contributed by atoms with Crippen LogP contribution in [0, 0.1) is 17.3 Å². The number of ether oxygens (including phenoxy) is 1. The number of hydrogen-bond donors (Lipinski definition) is 0. The van der Waals surface area contributed by atoms with Gasteiger partial charge >= 0.3 is 0 Å². The minimum Gasteiger partial charge on any atom is -0.365 e. The molecule has 0 aromatic rings. The summed E-state index contributed by atoms with van der Waals surface area (Å²) < 4.78 is 5.81. The third-order valence-corrected chi connectivity index (χ3v) is 2.25. The van der Waals surface area contributed by atoms with Crippen molar-refractivity contribution in [3.05, 3.63) is 0 Å². The fourth-order valence-electron chi connectivity index (χ4n) is 1.45. The molecule has 1 rings (SSSR count). The van der Waals surface area contributed by atoms with Gasteiger partial charge in [-0.2, -0.15) is 0 Å². The van der Waals surface area contributed by atoms with Crippen LogP contribution >= 0.6 is 0 Å². The van der Waals surface area contributed by atoms with Crippen LogP contribution in [0.25, 0.3) is 0 Å². The van der Waals surface area contributed by atoms with E-state index in [0.717, 1.165) is 19.4 Å². The van der Waals surface area contributed by atoms with E-state index in [1.165, 1.54) is 19.3 Å². The Morgan fingerprint density at radius 1 is 1.21 bits per heavy atom. The van der Waals surface area contributed by atoms with Crippen molar-refractivity contribution in [2.75, 3.05) is 6.61 Å². The normalized spacial score (nSPS) is 23.2. The summed E-state index contributed by atoms with van der Waals surface area (Å²) in [6, 6.07) is 0. The molecular weight excluding hydrogens is 172 g/mol. The Bertz CT molecular complexity index is 214. The third kappa shape index (κ3) is 5.29. The van der Waals surface area contributed by atoms with Gasteiger partial charge in [-0.3, -0.25) is 0 Å². The summed E-state index contributed by atoms with van der Waals surface area (Å²) in [6.07, 6.45) is 6.19. The van der Waals surface area contributed by atoms with Gasteiger partial charge in [0.1, 0.15) is 6.10 Å². The van der Waals surface area contributed by atoms with Crippen molar-refractivity contribution in [1.82, 2.24) is 0 Å². The van der Waals surface area contributed by atoms with Gasteiger partial charge in [0.15, 0.2) is 0 Å². The van der Waals surface area contributed by atoms with Crippen LogP contribution in [0.3, 0.4) is 0 Å². The lowest BCUT2D eigenvalue weighted by atomic mass is 9.98. The molecule has 0 radical (unpaired) electrons. The molecule has 0 saturated heterocycles. The van der Waals surface area contributed by atoms with E-state index in [9.17, 15) is 0 Å². The first-order valence-electron chi connectivity index (χ1n) is 5.68. The first kappa shape index (κ1) is 11.6. The molecule has 1 aliphatic rings. The van der Waals surface area contributed by atoms with E-state index in [0.29, 0.717) is 0 Å². The first-order chi connectivity index (χ1) is 6.58. The molecule has 0 aromatic heterocycles. The highest BCUT2D eigenvalue weighted by Gasteiger charge is 2.14. The molecule has 0 spiro atoms. The molecule has 0 aliphatic heterocycles. The van der Waals surface area contributed by atoms with Crippen molar-refractivity contribution in [3.8, 4) is 11.8 Å². The van der Waals surface area contributed by atoms with Crippen molar-refractivity contribution >= 4 is 0 Å². The van der Waals surface area contributed by atoms with Crippen molar-refractivity contribution in [1.29, 1.82) is 0 Å². The maximum Gasteiger partial charge on any atom is 0.118 e. The summed E-state index contributed by atoms with van der Waals surface area (Å²) >= 11 is 0. The van der Waals surface area contributed by atoms with Gasteiger partial charge in [0.05, 0.1) is 6.61 Å². The van der Waals surface area contributed by atoms with Crippen LogP contribution in [0.5, 0.6) is 0 Å². The van der Waals surface area contributed by atoms with Crippen LogP contribution in [0.4, 0.5) is 0 Å². The Morgan fingerprint density at radius 2 is 2.00 bits per heavy atom. The molecule has 0 aromatic carbocycles. The predicted molar refractivity (Wildman–Crippen MR) is 60.1 cm³/mol. The second-order valence-corrected chi connectivity index (χ2v) is 5.28. The zero-order valence-corrected chi connectivity index (χ0v) is 9.73. The van der Waals surface area contributed by atoms with Gasteiger partial charge in [0.25, 0.3) is 0 Å². The van der Waals surface area contributed by atoms with E-state index in [1.54, 1.807) is 0 Å². The largest absolute Gasteiger partial charge is 0.365 e. The molecule has 80 valence electrons. The lowest BCUT2D eigenvalue weighted by Gasteiger charge is -2.21. The van der Waals surface area contributed by atoms with Crippen molar-refractivity contribution in [2.45, 2.75) is 59.0 Å². The van der Waals surface area contributed by atoms with Crippen LogP contribution in [-0.2, 0) is 4.74 Å². The van der Waals surface area contributed by atoms with Crippen LogP contribution in [-0.4, -0.2) is 12.7 Å². The molecule has 1 atom stereocenters. The Kier molecular flexibility index (Phi) is 4.48. The van der Waals surface area contributed by atoms with E-state index >= 15 is 0 Å². The van der Waals surface area contributed by atoms with Crippen molar-refractivity contribution in [2.24, 2.45) is 5.41 Å². The zero-order chi connectivity index (χ0) is 10.4. The summed E-state index contributed by atoms with van der Waals surface area (Å²) in [5.74, 6) is 6.42. The average Bonchev–Trinajstić information content (AvgIpc) is 2.00. The van der Waals surface area contributed by atoms with Gasteiger partial charge in [-0.05, 0) is 24.7 Å². The molecular formula is C13H22O. The van der Waals surface area contributed by atoms with Crippen LogP contribution < -0.4 is 0 Å². The molecule has 0 fully saturated rings. The van der Waals surface area contributed by atoms with Crippen molar-refractivity contribution in [3.63, 3.8) is 0 Å². The smallest absolute Gasteiger partial charge is 0.118 e. The Balaban J connectivity index is 2.34. The molecule has 0 bridgehead atoms. The van der Waals surface area contributed by atoms with E-state index in [2.05, 4.69) is 32.6 Å². The summed E-state index contributed by atoms with van der Waals surface area (Å²) in [6.45, 7) is 7.41. The van der Waals surface area contributed by atoms with E-state index in [-0.39, 0.29) is 11.5 Å². The second-order valence-electron chi connectivity index (χ2n) is 5.28. The van der Waals surface area contributed by atoms with Crippen molar-refractivity contribution < 1.29 is 4.74 Å². The van der Waals surface area contributed by atoms with E-state index < -0.39 is 0 Å². The van der Waals surface area contributed by atoms with Gasteiger partial charge in [-0.25, -0.2) is 0 Å². The highest BCUT2D eigenvalue weighted by molar-refractivity contribution is 5.06. The summed E-state index contributed by atoms with van der Waals surface area (Å²) in [4.78, 5) is 0. The standard InChI is InChI=1S/C13H22O/c1-13(2,3)11-14-12-9-7-5-4-6-8-10-12/h12H,4-7,9,11H2,1-3H3. The average molecular weight is 194 g/mol. The van der Waals surface area contributed by atoms with Crippen LogP contribution in [0.2, 0.25) is 0 Å². The fraction of sp³-hybridized carbons (Fsp3) is 0.846. The molecule has 1 nitrogen and oxygen atoms in total. The molecule has 1 unspecified atom stereocenters. The Morgan fingerprint density at radius 3 is 2.71 bits per heavy atom. The summed E-state index contributed by atoms with van der Waals surface area (Å²) in [5, 5.41) is 0. The zero-order valence-electron chi connectivity index (χ0n) is 9.73. The molecule has 0 amide bonds. The van der Waals surface area contributed by atoms with Crippen LogP contribution in [0.15, 0.2) is 0 Å².